The van der Waals surface area contributed by atoms with Crippen LogP contribution in [0.15, 0.2) is 0 Å². The molecule has 3 unspecified atom stereocenters. The number of esters is 1. The molecule has 0 aromatic heterocycles. The van der Waals surface area contributed by atoms with Crippen LogP contribution in [-0.4, -0.2) is 54.1 Å². The normalized spacial score (nSPS) is 19.8. The number of ketones is 1. The zero-order valence-electron chi connectivity index (χ0n) is 15.5. The Morgan fingerprint density at radius 3 is 2.32 bits per heavy atom. The summed E-state index contributed by atoms with van der Waals surface area (Å²) in [5.74, 6) is -1.19. The van der Waals surface area contributed by atoms with E-state index in [0.29, 0.717) is 12.8 Å². The lowest BCUT2D eigenvalue weighted by Gasteiger charge is -2.30. The fourth-order valence-corrected chi connectivity index (χ4v) is 2.70. The molecule has 0 aliphatic heterocycles. The van der Waals surface area contributed by atoms with Crippen LogP contribution < -0.4 is 5.32 Å². The van der Waals surface area contributed by atoms with Gasteiger partial charge in [-0.3, -0.25) is 9.59 Å². The molecule has 142 valence electrons. The molecule has 1 saturated carbocycles. The summed E-state index contributed by atoms with van der Waals surface area (Å²) in [5, 5.41) is 2.51. The lowest BCUT2D eigenvalue weighted by molar-refractivity contribution is -0.171. The van der Waals surface area contributed by atoms with Gasteiger partial charge < -0.3 is 19.7 Å². The molecule has 0 heterocycles. The maximum Gasteiger partial charge on any atom is 0.413 e. The second kappa shape index (κ2) is 9.39. The molecule has 0 radical (unpaired) electrons. The molecule has 8 nitrogen and oxygen atoms in total. The highest BCUT2D eigenvalue weighted by molar-refractivity contribution is 5.88. The highest BCUT2D eigenvalue weighted by atomic mass is 16.7. The first-order valence-electron chi connectivity index (χ1n) is 8.57. The molecule has 1 fully saturated rings. The van der Waals surface area contributed by atoms with Gasteiger partial charge in [0.1, 0.15) is 6.04 Å². The number of hydrogen-bond donors (Lipinski definition) is 1. The van der Waals surface area contributed by atoms with E-state index in [-0.39, 0.29) is 17.6 Å². The number of amides is 2. The lowest BCUT2D eigenvalue weighted by atomic mass is 9.93. The maximum atomic E-state index is 12.2. The van der Waals surface area contributed by atoms with Crippen molar-refractivity contribution in [3.05, 3.63) is 0 Å². The summed E-state index contributed by atoms with van der Waals surface area (Å²) < 4.78 is 10.2. The van der Waals surface area contributed by atoms with Crippen LogP contribution >= 0.6 is 0 Å². The van der Waals surface area contributed by atoms with Gasteiger partial charge in [-0.05, 0) is 18.8 Å². The Morgan fingerprint density at radius 2 is 1.80 bits per heavy atom. The third-order valence-electron chi connectivity index (χ3n) is 4.11. The molecule has 0 aromatic rings. The van der Waals surface area contributed by atoms with E-state index in [0.717, 1.165) is 12.8 Å². The Kier molecular flexibility index (Phi) is 7.86. The summed E-state index contributed by atoms with van der Waals surface area (Å²) >= 11 is 0. The number of nitrogens with zero attached hydrogens (tertiary/aromatic N) is 1. The van der Waals surface area contributed by atoms with Crippen LogP contribution in [-0.2, 0) is 23.9 Å². The Morgan fingerprint density at radius 1 is 1.16 bits per heavy atom. The number of ether oxygens (including phenoxy) is 2. The largest absolute Gasteiger partial charge is 0.424 e. The topological polar surface area (TPSA) is 102 Å². The summed E-state index contributed by atoms with van der Waals surface area (Å²) in [4.78, 5) is 48.6. The van der Waals surface area contributed by atoms with Gasteiger partial charge in [0.15, 0.2) is 5.78 Å². The predicted octanol–water partition coefficient (Wildman–Crippen LogP) is 1.62. The van der Waals surface area contributed by atoms with E-state index >= 15 is 0 Å². The summed E-state index contributed by atoms with van der Waals surface area (Å²) in [6.07, 6.45) is 0.936. The number of carbonyl (C=O) groups is 4. The molecular formula is C17H28N2O6. The minimum Gasteiger partial charge on any atom is -0.424 e. The average molecular weight is 356 g/mol. The molecule has 0 saturated heterocycles. The molecule has 0 spiro atoms. The van der Waals surface area contributed by atoms with Gasteiger partial charge in [-0.2, -0.15) is 0 Å². The van der Waals surface area contributed by atoms with Gasteiger partial charge in [0.2, 0.25) is 12.2 Å². The van der Waals surface area contributed by atoms with Crippen LogP contribution in [0.25, 0.3) is 0 Å². The first kappa shape index (κ1) is 20.9. The predicted molar refractivity (Wildman–Crippen MR) is 89.5 cm³/mol. The zero-order valence-corrected chi connectivity index (χ0v) is 15.5. The molecular weight excluding hydrogens is 328 g/mol. The fourth-order valence-electron chi connectivity index (χ4n) is 2.70. The zero-order chi connectivity index (χ0) is 19.1. The van der Waals surface area contributed by atoms with E-state index in [1.54, 1.807) is 13.8 Å². The first-order valence-corrected chi connectivity index (χ1v) is 8.57. The lowest BCUT2D eigenvalue weighted by Crippen LogP contribution is -2.47. The minimum atomic E-state index is -1.13. The number of carbonyl (C=O) groups excluding carboxylic acids is 4. The molecule has 3 atom stereocenters. The molecule has 1 aliphatic carbocycles. The monoisotopic (exact) mass is 356 g/mol. The van der Waals surface area contributed by atoms with Gasteiger partial charge in [-0.25, -0.2) is 9.59 Å². The first-order chi connectivity index (χ1) is 11.6. The minimum absolute atomic E-state index is 0.0147. The van der Waals surface area contributed by atoms with Gasteiger partial charge >= 0.3 is 12.1 Å². The number of nitrogens with one attached hydrogen (secondary N) is 1. The summed E-state index contributed by atoms with van der Waals surface area (Å²) in [5.41, 5.74) is 0. The molecule has 8 heteroatoms. The SMILES string of the molecule is CC(=O)NC(C(=O)OC(C)OC(=O)N(C)C1CCCCC1=O)C(C)C. The molecule has 2 amide bonds. The third-order valence-corrected chi connectivity index (χ3v) is 4.11. The molecule has 1 rings (SSSR count). The Labute approximate surface area is 148 Å². The van der Waals surface area contributed by atoms with Crippen LogP contribution in [0.2, 0.25) is 0 Å². The fraction of sp³-hybridized carbons (Fsp3) is 0.765. The summed E-state index contributed by atoms with van der Waals surface area (Å²) in [6, 6.07) is -1.32. The number of hydrogen-bond acceptors (Lipinski definition) is 6. The smallest absolute Gasteiger partial charge is 0.413 e. The van der Waals surface area contributed by atoms with Crippen LogP contribution in [0.5, 0.6) is 0 Å². The van der Waals surface area contributed by atoms with Crippen LogP contribution in [0, 0.1) is 5.92 Å². The van der Waals surface area contributed by atoms with Crippen molar-refractivity contribution in [2.45, 2.75) is 71.8 Å². The summed E-state index contributed by atoms with van der Waals surface area (Å²) in [6.45, 7) is 6.25. The van der Waals surface area contributed by atoms with Crippen molar-refractivity contribution in [2.24, 2.45) is 5.92 Å². The van der Waals surface area contributed by atoms with E-state index in [4.69, 9.17) is 9.47 Å². The number of Topliss-reactive ketones (excluding diaryl/α,β-unsaturated/α-hetero) is 1. The molecule has 0 bridgehead atoms. The van der Waals surface area contributed by atoms with Crippen molar-refractivity contribution in [3.63, 3.8) is 0 Å². The summed E-state index contributed by atoms with van der Waals surface area (Å²) in [7, 11) is 1.50. The van der Waals surface area contributed by atoms with Crippen molar-refractivity contribution in [2.75, 3.05) is 7.05 Å². The van der Waals surface area contributed by atoms with Gasteiger partial charge in [-0.15, -0.1) is 0 Å². The second-order valence-corrected chi connectivity index (χ2v) is 6.65. The maximum absolute atomic E-state index is 12.2. The average Bonchev–Trinajstić information content (AvgIpc) is 2.51. The van der Waals surface area contributed by atoms with Crippen LogP contribution in [0.3, 0.4) is 0 Å². The molecule has 0 aromatic carbocycles. The third kappa shape index (κ3) is 6.36. The standard InChI is InChI=1S/C17H28N2O6/c1-10(2)15(18-11(3)20)16(22)24-12(4)25-17(23)19(5)13-8-6-7-9-14(13)21/h10,12-13,15H,6-9H2,1-5H3,(H,18,20). The highest BCUT2D eigenvalue weighted by Crippen LogP contribution is 2.19. The van der Waals surface area contributed by atoms with Gasteiger partial charge in [0.25, 0.3) is 0 Å². The van der Waals surface area contributed by atoms with Crippen molar-refractivity contribution >= 4 is 23.8 Å². The molecule has 1 N–H and O–H groups in total. The van der Waals surface area contributed by atoms with Crippen LogP contribution in [0.4, 0.5) is 4.79 Å². The Balaban J connectivity index is 2.57. The van der Waals surface area contributed by atoms with E-state index < -0.39 is 30.4 Å². The number of likely N-dealkylation sites (N-methyl/N-ethyl adjacent to an activating group) is 1. The quantitative estimate of drug-likeness (QED) is 0.573. The van der Waals surface area contributed by atoms with Gasteiger partial charge in [0, 0.05) is 27.3 Å². The van der Waals surface area contributed by atoms with Crippen molar-refractivity contribution in [3.8, 4) is 0 Å². The van der Waals surface area contributed by atoms with Gasteiger partial charge in [0.05, 0.1) is 6.04 Å². The highest BCUT2D eigenvalue weighted by Gasteiger charge is 2.32. The second-order valence-electron chi connectivity index (χ2n) is 6.65. The van der Waals surface area contributed by atoms with E-state index in [9.17, 15) is 19.2 Å². The Bertz CT molecular complexity index is 519. The molecule has 1 aliphatic rings. The Hall–Kier alpha value is -2.12. The van der Waals surface area contributed by atoms with Crippen molar-refractivity contribution < 1.29 is 28.7 Å². The van der Waals surface area contributed by atoms with E-state index in [2.05, 4.69) is 5.32 Å². The van der Waals surface area contributed by atoms with Crippen molar-refractivity contribution in [1.29, 1.82) is 0 Å². The van der Waals surface area contributed by atoms with Crippen molar-refractivity contribution in [1.82, 2.24) is 10.2 Å². The van der Waals surface area contributed by atoms with E-state index in [1.807, 2.05) is 0 Å². The van der Waals surface area contributed by atoms with E-state index in [1.165, 1.54) is 25.8 Å². The molecule has 25 heavy (non-hydrogen) atoms. The van der Waals surface area contributed by atoms with Gasteiger partial charge in [-0.1, -0.05) is 20.3 Å². The number of rotatable bonds is 6. The van der Waals surface area contributed by atoms with Crippen LogP contribution in [0.1, 0.15) is 53.4 Å².